The molecule has 0 aliphatic heterocycles. The van der Waals surface area contributed by atoms with Crippen molar-refractivity contribution in [3.05, 3.63) is 48.2 Å². The van der Waals surface area contributed by atoms with Crippen molar-refractivity contribution in [2.24, 2.45) is 0 Å². The third kappa shape index (κ3) is 4.58. The van der Waals surface area contributed by atoms with Gasteiger partial charge in [0, 0.05) is 18.2 Å². The zero-order valence-electron chi connectivity index (χ0n) is 16.3. The number of pyridine rings is 1. The van der Waals surface area contributed by atoms with Crippen LogP contribution in [0.25, 0.3) is 22.3 Å². The first-order chi connectivity index (χ1) is 14.0. The molecule has 0 atom stereocenters. The number of ether oxygens (including phenoxy) is 1. The Labute approximate surface area is 168 Å². The highest BCUT2D eigenvalue weighted by Gasteiger charge is 2.20. The van der Waals surface area contributed by atoms with Crippen LogP contribution in [0.15, 0.2) is 42.6 Å². The third-order valence-electron chi connectivity index (χ3n) is 4.24. The predicted octanol–water partition coefficient (Wildman–Crippen LogP) is 2.87. The van der Waals surface area contributed by atoms with Crippen LogP contribution >= 0.6 is 0 Å². The van der Waals surface area contributed by atoms with E-state index < -0.39 is 18.5 Å². The Hall–Kier alpha value is -3.73. The molecule has 2 heterocycles. The van der Waals surface area contributed by atoms with E-state index in [2.05, 4.69) is 10.4 Å². The second-order valence-electron chi connectivity index (χ2n) is 6.68. The van der Waals surface area contributed by atoms with Crippen LogP contribution in [0.1, 0.15) is 36.7 Å². The molecule has 0 fully saturated rings. The van der Waals surface area contributed by atoms with Gasteiger partial charge < -0.3 is 10.1 Å². The Morgan fingerprint density at radius 2 is 2.03 bits per heavy atom. The summed E-state index contributed by atoms with van der Waals surface area (Å²) in [6.07, 6.45) is 1.78. The van der Waals surface area contributed by atoms with Crippen LogP contribution in [-0.2, 0) is 9.53 Å². The maximum Gasteiger partial charge on any atom is 0.339 e. The van der Waals surface area contributed by atoms with E-state index in [-0.39, 0.29) is 19.0 Å². The highest BCUT2D eigenvalue weighted by molar-refractivity contribution is 6.04. The van der Waals surface area contributed by atoms with E-state index in [4.69, 9.17) is 15.0 Å². The zero-order valence-corrected chi connectivity index (χ0v) is 16.3. The smallest absolute Gasteiger partial charge is 0.339 e. The molecule has 3 rings (SSSR count). The van der Waals surface area contributed by atoms with Gasteiger partial charge in [0.05, 0.1) is 35.3 Å². The predicted molar refractivity (Wildman–Crippen MR) is 107 cm³/mol. The molecule has 0 saturated carbocycles. The van der Waals surface area contributed by atoms with Gasteiger partial charge in [-0.3, -0.25) is 4.79 Å². The molecule has 29 heavy (non-hydrogen) atoms. The number of amides is 1. The molecule has 3 aromatic rings. The van der Waals surface area contributed by atoms with Gasteiger partial charge in [0.2, 0.25) is 0 Å². The standard InChI is InChI=1S/C21H21N5O3/c1-14(2)26-20-17(12-24-26)16(11-18(25-20)15-7-4-3-5-8-15)21(28)29-13-19(27)23-10-6-9-22/h3-5,7-8,11-12,14H,6,10,13H2,1-2H3,(H,23,27). The monoisotopic (exact) mass is 391 g/mol. The summed E-state index contributed by atoms with van der Waals surface area (Å²) in [7, 11) is 0. The zero-order chi connectivity index (χ0) is 20.8. The molecule has 2 aromatic heterocycles. The molecular weight excluding hydrogens is 370 g/mol. The van der Waals surface area contributed by atoms with Gasteiger partial charge >= 0.3 is 5.97 Å². The molecule has 0 bridgehead atoms. The molecule has 8 heteroatoms. The minimum Gasteiger partial charge on any atom is -0.452 e. The molecule has 148 valence electrons. The van der Waals surface area contributed by atoms with E-state index in [1.54, 1.807) is 16.9 Å². The molecular formula is C21H21N5O3. The molecule has 8 nitrogen and oxygen atoms in total. The van der Waals surface area contributed by atoms with Crippen molar-refractivity contribution < 1.29 is 14.3 Å². The number of hydrogen-bond donors (Lipinski definition) is 1. The van der Waals surface area contributed by atoms with Crippen molar-refractivity contribution in [3.8, 4) is 17.3 Å². The number of nitrogens with one attached hydrogen (secondary N) is 1. The number of esters is 1. The van der Waals surface area contributed by atoms with E-state index in [9.17, 15) is 9.59 Å². The van der Waals surface area contributed by atoms with E-state index >= 15 is 0 Å². The Morgan fingerprint density at radius 3 is 2.72 bits per heavy atom. The Bertz CT molecular complexity index is 1070. The van der Waals surface area contributed by atoms with Crippen molar-refractivity contribution >= 4 is 22.9 Å². The first-order valence-corrected chi connectivity index (χ1v) is 9.25. The van der Waals surface area contributed by atoms with E-state index in [0.29, 0.717) is 22.3 Å². The first-order valence-electron chi connectivity index (χ1n) is 9.25. The van der Waals surface area contributed by atoms with Gasteiger partial charge in [-0.1, -0.05) is 30.3 Å². The van der Waals surface area contributed by atoms with Crippen molar-refractivity contribution in [2.45, 2.75) is 26.3 Å². The van der Waals surface area contributed by atoms with Gasteiger partial charge in [0.15, 0.2) is 12.3 Å². The lowest BCUT2D eigenvalue weighted by molar-refractivity contribution is -0.124. The summed E-state index contributed by atoms with van der Waals surface area (Å²) in [5.41, 5.74) is 2.34. The van der Waals surface area contributed by atoms with Crippen molar-refractivity contribution in [1.82, 2.24) is 20.1 Å². The number of rotatable bonds is 7. The van der Waals surface area contributed by atoms with Crippen LogP contribution in [0.2, 0.25) is 0 Å². The Kier molecular flexibility index (Phi) is 6.19. The topological polar surface area (TPSA) is 110 Å². The number of carbonyl (C=O) groups is 2. The number of hydrogen-bond acceptors (Lipinski definition) is 6. The summed E-state index contributed by atoms with van der Waals surface area (Å²) in [5.74, 6) is -1.09. The minimum atomic E-state index is -0.631. The summed E-state index contributed by atoms with van der Waals surface area (Å²) in [4.78, 5) is 29.2. The fourth-order valence-electron chi connectivity index (χ4n) is 2.84. The second kappa shape index (κ2) is 8.97. The first kappa shape index (κ1) is 20.0. The SMILES string of the molecule is CC(C)n1ncc2c(C(=O)OCC(=O)NCCC#N)cc(-c3ccccc3)nc21. The summed E-state index contributed by atoms with van der Waals surface area (Å²) in [6, 6.07) is 13.1. The Morgan fingerprint density at radius 1 is 1.28 bits per heavy atom. The average Bonchev–Trinajstić information content (AvgIpc) is 3.16. The largest absolute Gasteiger partial charge is 0.452 e. The van der Waals surface area contributed by atoms with Crippen LogP contribution in [0, 0.1) is 11.3 Å². The molecule has 0 spiro atoms. The number of aromatic nitrogens is 3. The molecule has 0 saturated heterocycles. The molecule has 0 radical (unpaired) electrons. The fraction of sp³-hybridized carbons (Fsp3) is 0.286. The average molecular weight is 391 g/mol. The van der Waals surface area contributed by atoms with Crippen LogP contribution < -0.4 is 5.32 Å². The maximum atomic E-state index is 12.7. The van der Waals surface area contributed by atoms with Crippen LogP contribution in [-0.4, -0.2) is 39.8 Å². The molecule has 1 N–H and O–H groups in total. The van der Waals surface area contributed by atoms with Gasteiger partial charge in [0.1, 0.15) is 0 Å². The quantitative estimate of drug-likeness (QED) is 0.490. The fourth-order valence-corrected chi connectivity index (χ4v) is 2.84. The Balaban J connectivity index is 1.92. The maximum absolute atomic E-state index is 12.7. The highest BCUT2D eigenvalue weighted by atomic mass is 16.5. The van der Waals surface area contributed by atoms with Crippen molar-refractivity contribution in [2.75, 3.05) is 13.2 Å². The van der Waals surface area contributed by atoms with Gasteiger partial charge in [-0.2, -0.15) is 10.4 Å². The van der Waals surface area contributed by atoms with Crippen molar-refractivity contribution in [3.63, 3.8) is 0 Å². The van der Waals surface area contributed by atoms with E-state index in [1.807, 2.05) is 50.2 Å². The summed E-state index contributed by atoms with van der Waals surface area (Å²) >= 11 is 0. The van der Waals surface area contributed by atoms with Crippen molar-refractivity contribution in [1.29, 1.82) is 5.26 Å². The van der Waals surface area contributed by atoms with E-state index in [1.165, 1.54) is 0 Å². The molecule has 1 aromatic carbocycles. The lowest BCUT2D eigenvalue weighted by Gasteiger charge is -2.11. The second-order valence-corrected chi connectivity index (χ2v) is 6.68. The van der Waals surface area contributed by atoms with Gasteiger partial charge in [-0.15, -0.1) is 0 Å². The number of fused-ring (bicyclic) bond motifs is 1. The molecule has 0 aliphatic carbocycles. The summed E-state index contributed by atoms with van der Waals surface area (Å²) in [5, 5.41) is 15.9. The van der Waals surface area contributed by atoms with Crippen LogP contribution in [0.3, 0.4) is 0 Å². The lowest BCUT2D eigenvalue weighted by atomic mass is 10.1. The number of benzene rings is 1. The molecule has 0 unspecified atom stereocenters. The third-order valence-corrected chi connectivity index (χ3v) is 4.24. The summed E-state index contributed by atoms with van der Waals surface area (Å²) < 4.78 is 6.93. The van der Waals surface area contributed by atoms with E-state index in [0.717, 1.165) is 5.56 Å². The van der Waals surface area contributed by atoms with Gasteiger partial charge in [-0.05, 0) is 19.9 Å². The molecule has 0 aliphatic rings. The lowest BCUT2D eigenvalue weighted by Crippen LogP contribution is -2.29. The number of carbonyl (C=O) groups excluding carboxylic acids is 2. The molecule has 1 amide bonds. The highest BCUT2D eigenvalue weighted by Crippen LogP contribution is 2.26. The van der Waals surface area contributed by atoms with Crippen LogP contribution in [0.4, 0.5) is 0 Å². The summed E-state index contributed by atoms with van der Waals surface area (Å²) in [6.45, 7) is 3.75. The van der Waals surface area contributed by atoms with Gasteiger partial charge in [0.25, 0.3) is 5.91 Å². The number of nitriles is 1. The van der Waals surface area contributed by atoms with Crippen LogP contribution in [0.5, 0.6) is 0 Å². The normalized spacial score (nSPS) is 10.7. The van der Waals surface area contributed by atoms with Gasteiger partial charge in [-0.25, -0.2) is 14.5 Å². The number of nitrogens with zero attached hydrogens (tertiary/aromatic N) is 4. The minimum absolute atomic E-state index is 0.0563.